The van der Waals surface area contributed by atoms with E-state index in [2.05, 4.69) is 21.2 Å². The number of carbonyl (C=O) groups is 1. The summed E-state index contributed by atoms with van der Waals surface area (Å²) in [5, 5.41) is 2.97. The van der Waals surface area contributed by atoms with Crippen LogP contribution in [0.5, 0.6) is 0 Å². The van der Waals surface area contributed by atoms with Gasteiger partial charge in [0.25, 0.3) is 0 Å². The van der Waals surface area contributed by atoms with E-state index < -0.39 is 0 Å². The minimum Gasteiger partial charge on any atom is -0.349 e. The van der Waals surface area contributed by atoms with Gasteiger partial charge in [-0.3, -0.25) is 4.79 Å². The maximum absolute atomic E-state index is 11.8. The molecule has 3 nitrogen and oxygen atoms in total. The SMILES string of the molecule is CC(NC(=O)CC(N)C(C)C)c1ccccc1Br. The predicted molar refractivity (Wildman–Crippen MR) is 78.1 cm³/mol. The fourth-order valence-corrected chi connectivity index (χ4v) is 2.28. The Hall–Kier alpha value is -0.870. The average molecular weight is 313 g/mol. The van der Waals surface area contributed by atoms with Gasteiger partial charge in [0.15, 0.2) is 0 Å². The summed E-state index contributed by atoms with van der Waals surface area (Å²) in [6.07, 6.45) is 0.368. The highest BCUT2D eigenvalue weighted by Gasteiger charge is 2.16. The van der Waals surface area contributed by atoms with Crippen molar-refractivity contribution in [2.45, 2.75) is 39.3 Å². The van der Waals surface area contributed by atoms with Gasteiger partial charge in [-0.05, 0) is 24.5 Å². The predicted octanol–water partition coefficient (Wildman–Crippen LogP) is 3.00. The van der Waals surface area contributed by atoms with Crippen LogP contribution in [0.25, 0.3) is 0 Å². The fraction of sp³-hybridized carbons (Fsp3) is 0.500. The lowest BCUT2D eigenvalue weighted by Gasteiger charge is -2.19. The van der Waals surface area contributed by atoms with Crippen LogP contribution in [0.3, 0.4) is 0 Å². The van der Waals surface area contributed by atoms with Crippen molar-refractivity contribution in [2.75, 3.05) is 0 Å². The third-order valence-corrected chi connectivity index (χ3v) is 3.75. The molecule has 1 rings (SSSR count). The van der Waals surface area contributed by atoms with Gasteiger partial charge >= 0.3 is 0 Å². The quantitative estimate of drug-likeness (QED) is 0.878. The summed E-state index contributed by atoms with van der Waals surface area (Å²) in [5.41, 5.74) is 6.96. The zero-order valence-electron chi connectivity index (χ0n) is 11.1. The molecule has 2 atom stereocenters. The van der Waals surface area contributed by atoms with Crippen LogP contribution >= 0.6 is 15.9 Å². The molecule has 0 saturated heterocycles. The van der Waals surface area contributed by atoms with Crippen LogP contribution in [0.15, 0.2) is 28.7 Å². The molecule has 0 aliphatic heterocycles. The fourth-order valence-electron chi connectivity index (χ4n) is 1.65. The van der Waals surface area contributed by atoms with Gasteiger partial charge in [-0.15, -0.1) is 0 Å². The number of benzene rings is 1. The van der Waals surface area contributed by atoms with Crippen molar-refractivity contribution in [1.82, 2.24) is 5.32 Å². The molecule has 0 bridgehead atoms. The highest BCUT2D eigenvalue weighted by molar-refractivity contribution is 9.10. The van der Waals surface area contributed by atoms with E-state index in [4.69, 9.17) is 5.73 Å². The summed E-state index contributed by atoms with van der Waals surface area (Å²) >= 11 is 3.48. The Morgan fingerprint density at radius 1 is 1.33 bits per heavy atom. The van der Waals surface area contributed by atoms with Crippen LogP contribution in [0, 0.1) is 5.92 Å². The van der Waals surface area contributed by atoms with Crippen molar-refractivity contribution < 1.29 is 4.79 Å². The molecule has 1 amide bonds. The average Bonchev–Trinajstić information content (AvgIpc) is 2.28. The van der Waals surface area contributed by atoms with Gasteiger partial charge in [-0.1, -0.05) is 48.0 Å². The van der Waals surface area contributed by atoms with Crippen molar-refractivity contribution in [3.05, 3.63) is 34.3 Å². The molecule has 18 heavy (non-hydrogen) atoms. The molecule has 2 unspecified atom stereocenters. The molecule has 0 aliphatic carbocycles. The second-order valence-corrected chi connectivity index (χ2v) is 5.78. The minimum atomic E-state index is -0.0867. The Bertz CT molecular complexity index is 407. The zero-order valence-corrected chi connectivity index (χ0v) is 12.7. The van der Waals surface area contributed by atoms with Gasteiger partial charge in [0.1, 0.15) is 0 Å². The maximum Gasteiger partial charge on any atom is 0.222 e. The number of hydrogen-bond acceptors (Lipinski definition) is 2. The Balaban J connectivity index is 2.58. The standard InChI is InChI=1S/C14H21BrN2O/c1-9(2)13(16)8-14(18)17-10(3)11-6-4-5-7-12(11)15/h4-7,9-10,13H,8,16H2,1-3H3,(H,17,18). The second-order valence-electron chi connectivity index (χ2n) is 4.92. The van der Waals surface area contributed by atoms with Crippen LogP contribution in [-0.2, 0) is 4.79 Å². The maximum atomic E-state index is 11.8. The van der Waals surface area contributed by atoms with Gasteiger partial charge in [-0.2, -0.15) is 0 Å². The van der Waals surface area contributed by atoms with E-state index in [0.29, 0.717) is 12.3 Å². The van der Waals surface area contributed by atoms with Crippen LogP contribution in [0.2, 0.25) is 0 Å². The van der Waals surface area contributed by atoms with E-state index in [1.807, 2.05) is 45.0 Å². The molecular formula is C14H21BrN2O. The Morgan fingerprint density at radius 3 is 2.50 bits per heavy atom. The van der Waals surface area contributed by atoms with Gasteiger partial charge in [0.05, 0.1) is 6.04 Å². The van der Waals surface area contributed by atoms with Crippen molar-refractivity contribution in [1.29, 1.82) is 0 Å². The molecule has 0 saturated carbocycles. The molecule has 0 aromatic heterocycles. The molecule has 0 heterocycles. The molecule has 0 radical (unpaired) electrons. The normalized spacial score (nSPS) is 14.3. The lowest BCUT2D eigenvalue weighted by molar-refractivity contribution is -0.122. The molecule has 100 valence electrons. The van der Waals surface area contributed by atoms with Crippen molar-refractivity contribution in [3.63, 3.8) is 0 Å². The molecule has 0 aliphatic rings. The number of rotatable bonds is 5. The zero-order chi connectivity index (χ0) is 13.7. The first-order valence-electron chi connectivity index (χ1n) is 6.21. The van der Waals surface area contributed by atoms with E-state index >= 15 is 0 Å². The van der Waals surface area contributed by atoms with Gasteiger partial charge in [0.2, 0.25) is 5.91 Å². The first-order chi connectivity index (χ1) is 8.41. The summed E-state index contributed by atoms with van der Waals surface area (Å²) in [6.45, 7) is 6.02. The molecule has 0 spiro atoms. The summed E-state index contributed by atoms with van der Waals surface area (Å²) in [4.78, 5) is 11.8. The first-order valence-corrected chi connectivity index (χ1v) is 7.00. The molecule has 3 N–H and O–H groups in total. The molecular weight excluding hydrogens is 292 g/mol. The molecule has 1 aromatic carbocycles. The second kappa shape index (κ2) is 6.90. The molecule has 4 heteroatoms. The van der Waals surface area contributed by atoms with Gasteiger partial charge in [-0.25, -0.2) is 0 Å². The Kier molecular flexibility index (Phi) is 5.82. The monoisotopic (exact) mass is 312 g/mol. The summed E-state index contributed by atoms with van der Waals surface area (Å²) in [6, 6.07) is 7.78. The van der Waals surface area contributed by atoms with E-state index in [0.717, 1.165) is 10.0 Å². The van der Waals surface area contributed by atoms with Crippen LogP contribution in [-0.4, -0.2) is 11.9 Å². The third-order valence-electron chi connectivity index (χ3n) is 3.03. The van der Waals surface area contributed by atoms with E-state index in [1.165, 1.54) is 0 Å². The lowest BCUT2D eigenvalue weighted by atomic mass is 10.0. The first kappa shape index (κ1) is 15.2. The van der Waals surface area contributed by atoms with Crippen molar-refractivity contribution in [2.24, 2.45) is 11.7 Å². The van der Waals surface area contributed by atoms with Crippen molar-refractivity contribution in [3.8, 4) is 0 Å². The third kappa shape index (κ3) is 4.42. The van der Waals surface area contributed by atoms with E-state index in [1.54, 1.807) is 0 Å². The lowest BCUT2D eigenvalue weighted by Crippen LogP contribution is -2.35. The highest BCUT2D eigenvalue weighted by Crippen LogP contribution is 2.22. The summed E-state index contributed by atoms with van der Waals surface area (Å²) in [5.74, 6) is 0.314. The topological polar surface area (TPSA) is 55.1 Å². The minimum absolute atomic E-state index is 0.000506. The number of halogens is 1. The molecule has 1 aromatic rings. The number of carbonyl (C=O) groups excluding carboxylic acids is 1. The van der Waals surface area contributed by atoms with Crippen LogP contribution < -0.4 is 11.1 Å². The van der Waals surface area contributed by atoms with E-state index in [-0.39, 0.29) is 18.0 Å². The van der Waals surface area contributed by atoms with Crippen LogP contribution in [0.1, 0.15) is 38.8 Å². The van der Waals surface area contributed by atoms with E-state index in [9.17, 15) is 4.79 Å². The van der Waals surface area contributed by atoms with Gasteiger partial charge in [0, 0.05) is 16.9 Å². The Labute approximate surface area is 117 Å². The molecule has 0 fully saturated rings. The highest BCUT2D eigenvalue weighted by atomic mass is 79.9. The van der Waals surface area contributed by atoms with Gasteiger partial charge < -0.3 is 11.1 Å². The number of nitrogens with one attached hydrogen (secondary N) is 1. The van der Waals surface area contributed by atoms with Crippen LogP contribution in [0.4, 0.5) is 0 Å². The Morgan fingerprint density at radius 2 is 1.94 bits per heavy atom. The summed E-state index contributed by atoms with van der Waals surface area (Å²) < 4.78 is 1.01. The number of amides is 1. The number of nitrogens with two attached hydrogens (primary N) is 1. The smallest absolute Gasteiger partial charge is 0.222 e. The number of hydrogen-bond donors (Lipinski definition) is 2. The summed E-state index contributed by atoms with van der Waals surface area (Å²) in [7, 11) is 0. The van der Waals surface area contributed by atoms with Crippen molar-refractivity contribution >= 4 is 21.8 Å². The largest absolute Gasteiger partial charge is 0.349 e.